The zero-order valence-corrected chi connectivity index (χ0v) is 9.40. The summed E-state index contributed by atoms with van der Waals surface area (Å²) in [4.78, 5) is 11.6. The van der Waals surface area contributed by atoms with Crippen molar-refractivity contribution in [1.82, 2.24) is 0 Å². The molecule has 0 aromatic heterocycles. The maximum absolute atomic E-state index is 11.6. The van der Waals surface area contributed by atoms with E-state index in [1.54, 1.807) is 24.3 Å². The Kier molecular flexibility index (Phi) is 4.03. The van der Waals surface area contributed by atoms with Gasteiger partial charge in [-0.05, 0) is 30.2 Å². The monoisotopic (exact) mass is 217 g/mol. The molecule has 0 aliphatic heterocycles. The molecule has 4 heteroatoms. The number of carbonyl (C=O) groups excluding carboxylic acids is 1. The van der Waals surface area contributed by atoms with Crippen LogP contribution in [0.1, 0.15) is 19.4 Å². The first-order chi connectivity index (χ1) is 7.54. The highest BCUT2D eigenvalue weighted by Gasteiger charge is 2.16. The molecule has 0 saturated carbocycles. The molecule has 1 rings (SSSR count). The van der Waals surface area contributed by atoms with Gasteiger partial charge < -0.3 is 11.1 Å². The first kappa shape index (κ1) is 12.2. The Hall–Kier alpha value is -1.86. The molecule has 1 atom stereocenters. The molecule has 0 bridgehead atoms. The lowest BCUT2D eigenvalue weighted by Gasteiger charge is -2.15. The predicted molar refractivity (Wildman–Crippen MR) is 62.6 cm³/mol. The molecule has 0 saturated heterocycles. The quantitative estimate of drug-likeness (QED) is 0.804. The molecule has 0 radical (unpaired) electrons. The number of rotatable bonds is 3. The normalized spacial score (nSPS) is 11.9. The molecule has 1 aromatic carbocycles. The fraction of sp³-hybridized carbons (Fsp3) is 0.333. The second kappa shape index (κ2) is 5.29. The molecule has 4 nitrogen and oxygen atoms in total. The smallest absolute Gasteiger partial charge is 0.241 e. The van der Waals surface area contributed by atoms with Crippen LogP contribution in [0.25, 0.3) is 0 Å². The molecule has 16 heavy (non-hydrogen) atoms. The summed E-state index contributed by atoms with van der Waals surface area (Å²) in [5, 5.41) is 11.3. The lowest BCUT2D eigenvalue weighted by atomic mass is 10.0. The molecule has 0 fully saturated rings. The number of nitrogens with two attached hydrogens (primary N) is 1. The van der Waals surface area contributed by atoms with E-state index in [4.69, 9.17) is 11.0 Å². The molecule has 0 heterocycles. The van der Waals surface area contributed by atoms with Crippen LogP contribution in [0.3, 0.4) is 0 Å². The first-order valence-electron chi connectivity index (χ1n) is 5.11. The zero-order valence-electron chi connectivity index (χ0n) is 9.40. The Bertz CT molecular complexity index is 403. The summed E-state index contributed by atoms with van der Waals surface area (Å²) in [5.41, 5.74) is 6.91. The fourth-order valence-electron chi connectivity index (χ4n) is 1.16. The van der Waals surface area contributed by atoms with Crippen LogP contribution in [0.4, 0.5) is 5.69 Å². The lowest BCUT2D eigenvalue weighted by molar-refractivity contribution is -0.118. The molecule has 3 N–H and O–H groups in total. The summed E-state index contributed by atoms with van der Waals surface area (Å²) in [6, 6.07) is 8.16. The standard InChI is InChI=1S/C12H15N3O/c1-8(2)11(14)12(16)15-10-5-3-9(7-13)4-6-10/h3-6,8,11H,14H2,1-2H3,(H,15,16)/t11-/m0/s1. The summed E-state index contributed by atoms with van der Waals surface area (Å²) in [5.74, 6) is -0.113. The highest BCUT2D eigenvalue weighted by molar-refractivity contribution is 5.94. The van der Waals surface area contributed by atoms with E-state index in [9.17, 15) is 4.79 Å². The van der Waals surface area contributed by atoms with Gasteiger partial charge in [-0.25, -0.2) is 0 Å². The molecule has 0 aliphatic carbocycles. The highest BCUT2D eigenvalue weighted by atomic mass is 16.2. The largest absolute Gasteiger partial charge is 0.325 e. The van der Waals surface area contributed by atoms with Gasteiger partial charge in [-0.3, -0.25) is 4.79 Å². The van der Waals surface area contributed by atoms with Gasteiger partial charge in [0.25, 0.3) is 0 Å². The van der Waals surface area contributed by atoms with Crippen LogP contribution >= 0.6 is 0 Å². The van der Waals surface area contributed by atoms with Crippen LogP contribution in [0.2, 0.25) is 0 Å². The van der Waals surface area contributed by atoms with Gasteiger partial charge in [0.15, 0.2) is 0 Å². The molecule has 0 unspecified atom stereocenters. The summed E-state index contributed by atoms with van der Waals surface area (Å²) >= 11 is 0. The van der Waals surface area contributed by atoms with E-state index < -0.39 is 6.04 Å². The number of benzene rings is 1. The third kappa shape index (κ3) is 3.07. The SMILES string of the molecule is CC(C)[C@H](N)C(=O)Nc1ccc(C#N)cc1. The van der Waals surface area contributed by atoms with Crippen molar-refractivity contribution in [3.05, 3.63) is 29.8 Å². The molecule has 1 aromatic rings. The van der Waals surface area contributed by atoms with E-state index in [2.05, 4.69) is 5.32 Å². The van der Waals surface area contributed by atoms with Gasteiger partial charge in [0.2, 0.25) is 5.91 Å². The van der Waals surface area contributed by atoms with Crippen LogP contribution < -0.4 is 11.1 Å². The number of amides is 1. The number of nitrogens with zero attached hydrogens (tertiary/aromatic N) is 1. The van der Waals surface area contributed by atoms with Crippen molar-refractivity contribution < 1.29 is 4.79 Å². The highest BCUT2D eigenvalue weighted by Crippen LogP contribution is 2.10. The van der Waals surface area contributed by atoms with Crippen molar-refractivity contribution in [3.63, 3.8) is 0 Å². The maximum Gasteiger partial charge on any atom is 0.241 e. The van der Waals surface area contributed by atoms with Gasteiger partial charge in [-0.2, -0.15) is 5.26 Å². The lowest BCUT2D eigenvalue weighted by Crippen LogP contribution is -2.39. The van der Waals surface area contributed by atoms with E-state index in [0.717, 1.165) is 0 Å². The molecule has 84 valence electrons. The Morgan fingerprint density at radius 1 is 1.38 bits per heavy atom. The summed E-state index contributed by atoms with van der Waals surface area (Å²) in [6.07, 6.45) is 0. The van der Waals surface area contributed by atoms with Crippen LogP contribution in [0.15, 0.2) is 24.3 Å². The average Bonchev–Trinajstić information content (AvgIpc) is 2.28. The van der Waals surface area contributed by atoms with Crippen LogP contribution in [0, 0.1) is 17.2 Å². The minimum absolute atomic E-state index is 0.0957. The van der Waals surface area contributed by atoms with E-state index in [0.29, 0.717) is 11.3 Å². The van der Waals surface area contributed by atoms with Gasteiger partial charge in [0, 0.05) is 5.69 Å². The number of hydrogen-bond donors (Lipinski definition) is 2. The maximum atomic E-state index is 11.6. The number of anilines is 1. The Balaban J connectivity index is 2.67. The van der Waals surface area contributed by atoms with Crippen molar-refractivity contribution in [2.24, 2.45) is 11.7 Å². The van der Waals surface area contributed by atoms with Gasteiger partial charge in [-0.1, -0.05) is 13.8 Å². The Labute approximate surface area is 95.1 Å². The second-order valence-electron chi connectivity index (χ2n) is 3.95. The number of hydrogen-bond acceptors (Lipinski definition) is 3. The van der Waals surface area contributed by atoms with E-state index in [1.165, 1.54) is 0 Å². The van der Waals surface area contributed by atoms with Crippen molar-refractivity contribution in [3.8, 4) is 6.07 Å². The van der Waals surface area contributed by atoms with Gasteiger partial charge in [-0.15, -0.1) is 0 Å². The molecule has 0 spiro atoms. The second-order valence-corrected chi connectivity index (χ2v) is 3.95. The molecular formula is C12H15N3O. The molecule has 0 aliphatic rings. The van der Waals surface area contributed by atoms with E-state index in [1.807, 2.05) is 19.9 Å². The Morgan fingerprint density at radius 2 is 1.94 bits per heavy atom. The van der Waals surface area contributed by atoms with E-state index in [-0.39, 0.29) is 11.8 Å². The van der Waals surface area contributed by atoms with Crippen molar-refractivity contribution in [1.29, 1.82) is 5.26 Å². The minimum atomic E-state index is -0.518. The van der Waals surface area contributed by atoms with E-state index >= 15 is 0 Å². The van der Waals surface area contributed by atoms with Crippen molar-refractivity contribution in [2.75, 3.05) is 5.32 Å². The summed E-state index contributed by atoms with van der Waals surface area (Å²) < 4.78 is 0. The van der Waals surface area contributed by atoms with Crippen molar-refractivity contribution >= 4 is 11.6 Å². The average molecular weight is 217 g/mol. The number of carbonyl (C=O) groups is 1. The van der Waals surface area contributed by atoms with Gasteiger partial charge in [0.1, 0.15) is 0 Å². The van der Waals surface area contributed by atoms with Gasteiger partial charge in [0.05, 0.1) is 17.7 Å². The Morgan fingerprint density at radius 3 is 2.38 bits per heavy atom. The third-order valence-electron chi connectivity index (χ3n) is 2.30. The fourth-order valence-corrected chi connectivity index (χ4v) is 1.16. The molecular weight excluding hydrogens is 202 g/mol. The summed E-state index contributed by atoms with van der Waals surface area (Å²) in [7, 11) is 0. The topological polar surface area (TPSA) is 78.9 Å². The molecule has 1 amide bonds. The van der Waals surface area contributed by atoms with Gasteiger partial charge >= 0.3 is 0 Å². The summed E-state index contributed by atoms with van der Waals surface area (Å²) in [6.45, 7) is 3.78. The van der Waals surface area contributed by atoms with Crippen LogP contribution in [-0.2, 0) is 4.79 Å². The zero-order chi connectivity index (χ0) is 12.1. The first-order valence-corrected chi connectivity index (χ1v) is 5.11. The number of nitriles is 1. The van der Waals surface area contributed by atoms with Crippen LogP contribution in [0.5, 0.6) is 0 Å². The predicted octanol–water partition coefficient (Wildman–Crippen LogP) is 1.48. The minimum Gasteiger partial charge on any atom is -0.325 e. The third-order valence-corrected chi connectivity index (χ3v) is 2.30. The van der Waals surface area contributed by atoms with Crippen molar-refractivity contribution in [2.45, 2.75) is 19.9 Å². The van der Waals surface area contributed by atoms with Crippen LogP contribution in [-0.4, -0.2) is 11.9 Å². The number of nitrogens with one attached hydrogen (secondary N) is 1.